The number of hydrogen-bond acceptors (Lipinski definition) is 2. The first-order valence-electron chi connectivity index (χ1n) is 17.0. The van der Waals surface area contributed by atoms with Crippen LogP contribution in [0, 0.1) is 0 Å². The van der Waals surface area contributed by atoms with Gasteiger partial charge in [-0.3, -0.25) is 0 Å². The predicted molar refractivity (Wildman–Crippen MR) is 212 cm³/mol. The van der Waals surface area contributed by atoms with Crippen LogP contribution in [0.25, 0.3) is 64.0 Å². The molecule has 0 spiro atoms. The van der Waals surface area contributed by atoms with Crippen molar-refractivity contribution in [1.82, 2.24) is 0 Å². The van der Waals surface area contributed by atoms with E-state index in [1.807, 2.05) is 11.3 Å². The van der Waals surface area contributed by atoms with Gasteiger partial charge in [-0.15, -0.1) is 11.3 Å². The van der Waals surface area contributed by atoms with Crippen molar-refractivity contribution in [3.63, 3.8) is 0 Å². The Morgan fingerprint density at radius 1 is 0.449 bits per heavy atom. The lowest BCUT2D eigenvalue weighted by molar-refractivity contribution is 0.660. The molecule has 10 rings (SSSR count). The maximum Gasteiger partial charge on any atom is 0.0554 e. The number of fused-ring (bicyclic) bond motifs is 9. The fourth-order valence-electron chi connectivity index (χ4n) is 8.28. The molecule has 0 amide bonds. The van der Waals surface area contributed by atoms with Crippen molar-refractivity contribution in [1.29, 1.82) is 0 Å². The van der Waals surface area contributed by atoms with Gasteiger partial charge in [-0.25, -0.2) is 0 Å². The number of anilines is 3. The van der Waals surface area contributed by atoms with Crippen molar-refractivity contribution in [3.8, 4) is 22.3 Å². The molecule has 0 radical (unpaired) electrons. The zero-order chi connectivity index (χ0) is 32.7. The molecule has 49 heavy (non-hydrogen) atoms. The number of thiophene rings is 1. The van der Waals surface area contributed by atoms with E-state index in [0.29, 0.717) is 0 Å². The third kappa shape index (κ3) is 4.24. The molecular weight excluding hydrogens is 611 g/mol. The largest absolute Gasteiger partial charge is 0.310 e. The van der Waals surface area contributed by atoms with Crippen molar-refractivity contribution in [2.75, 3.05) is 4.90 Å². The van der Waals surface area contributed by atoms with Crippen molar-refractivity contribution >= 4 is 70.1 Å². The molecular formula is C47H33NS. The molecule has 1 aliphatic carbocycles. The van der Waals surface area contributed by atoms with Crippen molar-refractivity contribution in [2.45, 2.75) is 19.3 Å². The number of benzene rings is 8. The summed E-state index contributed by atoms with van der Waals surface area (Å²) in [7, 11) is 0. The molecule has 8 aromatic carbocycles. The maximum atomic E-state index is 2.48. The summed E-state index contributed by atoms with van der Waals surface area (Å²) in [4.78, 5) is 2.48. The van der Waals surface area contributed by atoms with Crippen LogP contribution in [-0.2, 0) is 5.41 Å². The Morgan fingerprint density at radius 3 is 1.94 bits per heavy atom. The van der Waals surface area contributed by atoms with E-state index in [9.17, 15) is 0 Å². The Bertz CT molecular complexity index is 2740. The predicted octanol–water partition coefficient (Wildman–Crippen LogP) is 13.8. The van der Waals surface area contributed by atoms with Crippen LogP contribution < -0.4 is 4.90 Å². The van der Waals surface area contributed by atoms with Gasteiger partial charge >= 0.3 is 0 Å². The van der Waals surface area contributed by atoms with Crippen LogP contribution in [0.15, 0.2) is 164 Å². The lowest BCUT2D eigenvalue weighted by atomic mass is 9.82. The van der Waals surface area contributed by atoms with Gasteiger partial charge in [-0.2, -0.15) is 0 Å². The molecule has 0 fully saturated rings. The van der Waals surface area contributed by atoms with Gasteiger partial charge in [-0.1, -0.05) is 141 Å². The molecule has 1 heterocycles. The highest BCUT2D eigenvalue weighted by molar-refractivity contribution is 7.26. The third-order valence-electron chi connectivity index (χ3n) is 10.7. The zero-order valence-corrected chi connectivity index (χ0v) is 28.3. The number of nitrogens with zero attached hydrogens (tertiary/aromatic N) is 1. The minimum atomic E-state index is -0.0939. The van der Waals surface area contributed by atoms with Crippen molar-refractivity contribution < 1.29 is 0 Å². The third-order valence-corrected chi connectivity index (χ3v) is 11.8. The average Bonchev–Trinajstić information content (AvgIpc) is 3.64. The van der Waals surface area contributed by atoms with Crippen LogP contribution in [-0.4, -0.2) is 0 Å². The van der Waals surface area contributed by atoms with Crippen molar-refractivity contribution in [2.24, 2.45) is 0 Å². The lowest BCUT2D eigenvalue weighted by Crippen LogP contribution is -2.16. The van der Waals surface area contributed by atoms with Crippen LogP contribution in [0.5, 0.6) is 0 Å². The van der Waals surface area contributed by atoms with Crippen LogP contribution in [0.3, 0.4) is 0 Å². The molecule has 1 nitrogen and oxygen atoms in total. The van der Waals surface area contributed by atoms with Gasteiger partial charge in [0.25, 0.3) is 0 Å². The zero-order valence-electron chi connectivity index (χ0n) is 27.4. The normalized spacial score (nSPS) is 13.3. The summed E-state index contributed by atoms with van der Waals surface area (Å²) in [6.07, 6.45) is 0. The molecule has 0 N–H and O–H groups in total. The van der Waals surface area contributed by atoms with Gasteiger partial charge in [0.05, 0.1) is 5.69 Å². The molecule has 0 saturated heterocycles. The SMILES string of the molecule is CC1(C)c2ccccc2-c2ccc(N(c3ccc(-c4cccc5ccccc45)cc3)c3cc4sc5ccccc5c4c4ccccc34)cc21. The summed E-state index contributed by atoms with van der Waals surface area (Å²) in [5, 5.41) is 7.75. The molecule has 0 saturated carbocycles. The Labute approximate surface area is 290 Å². The Morgan fingerprint density at radius 2 is 1.08 bits per heavy atom. The van der Waals surface area contributed by atoms with Gasteiger partial charge in [0.15, 0.2) is 0 Å². The molecule has 0 unspecified atom stereocenters. The molecule has 1 aliphatic rings. The summed E-state index contributed by atoms with van der Waals surface area (Å²) in [5.74, 6) is 0. The van der Waals surface area contributed by atoms with Gasteiger partial charge in [0.2, 0.25) is 0 Å². The second-order valence-corrected chi connectivity index (χ2v) is 14.8. The van der Waals surface area contributed by atoms with Gasteiger partial charge in [0.1, 0.15) is 0 Å². The Hall–Kier alpha value is -5.70. The van der Waals surface area contributed by atoms with E-state index in [-0.39, 0.29) is 5.41 Å². The molecule has 1 aromatic heterocycles. The first-order chi connectivity index (χ1) is 24.1. The monoisotopic (exact) mass is 643 g/mol. The molecule has 0 atom stereocenters. The Kier molecular flexibility index (Phi) is 6.16. The van der Waals surface area contributed by atoms with E-state index in [0.717, 1.165) is 5.69 Å². The van der Waals surface area contributed by atoms with Crippen LogP contribution >= 0.6 is 11.3 Å². The average molecular weight is 644 g/mol. The minimum absolute atomic E-state index is 0.0939. The van der Waals surface area contributed by atoms with Crippen LogP contribution in [0.4, 0.5) is 17.1 Å². The topological polar surface area (TPSA) is 3.24 Å². The summed E-state index contributed by atoms with van der Waals surface area (Å²) < 4.78 is 2.63. The number of hydrogen-bond donors (Lipinski definition) is 0. The second kappa shape index (κ2) is 10.7. The molecule has 0 aliphatic heterocycles. The van der Waals surface area contributed by atoms with E-state index in [4.69, 9.17) is 0 Å². The smallest absolute Gasteiger partial charge is 0.0554 e. The van der Waals surface area contributed by atoms with Gasteiger partial charge in [-0.05, 0) is 85.9 Å². The summed E-state index contributed by atoms with van der Waals surface area (Å²) in [6.45, 7) is 4.73. The van der Waals surface area contributed by atoms with E-state index < -0.39 is 0 Å². The van der Waals surface area contributed by atoms with Gasteiger partial charge < -0.3 is 4.90 Å². The molecule has 2 heteroatoms. The molecule has 9 aromatic rings. The summed E-state index contributed by atoms with van der Waals surface area (Å²) in [5.41, 5.74) is 11.3. The second-order valence-electron chi connectivity index (χ2n) is 13.7. The van der Waals surface area contributed by atoms with E-state index in [2.05, 4.69) is 183 Å². The fourth-order valence-corrected chi connectivity index (χ4v) is 9.44. The maximum absolute atomic E-state index is 2.48. The highest BCUT2D eigenvalue weighted by atomic mass is 32.1. The first-order valence-corrected chi connectivity index (χ1v) is 17.8. The summed E-state index contributed by atoms with van der Waals surface area (Å²) >= 11 is 1.88. The van der Waals surface area contributed by atoms with Crippen molar-refractivity contribution in [3.05, 3.63) is 175 Å². The lowest BCUT2D eigenvalue weighted by Gasteiger charge is -2.29. The summed E-state index contributed by atoms with van der Waals surface area (Å²) in [6, 6.07) is 60.6. The Balaban J connectivity index is 1.22. The highest BCUT2D eigenvalue weighted by Gasteiger charge is 2.36. The quantitative estimate of drug-likeness (QED) is 0.184. The highest BCUT2D eigenvalue weighted by Crippen LogP contribution is 2.52. The van der Waals surface area contributed by atoms with Crippen LogP contribution in [0.1, 0.15) is 25.0 Å². The number of rotatable bonds is 4. The molecule has 232 valence electrons. The van der Waals surface area contributed by atoms with E-state index in [1.54, 1.807) is 0 Å². The van der Waals surface area contributed by atoms with E-state index >= 15 is 0 Å². The molecule has 0 bridgehead atoms. The standard InChI is InChI=1S/C47H33NS/c1-47(2)41-20-9-7-15-36(41)37-27-26-33(28-42(37)47)48(32-24-22-31(23-25-32)35-19-11-13-30-12-3-4-14-34(30)35)43-29-45-46(39-17-6-5-16-38(39)43)40-18-8-10-21-44(40)49-45/h3-29H,1-2H3. The first kappa shape index (κ1) is 28.3. The minimum Gasteiger partial charge on any atom is -0.310 e. The van der Waals surface area contributed by atoms with E-state index in [1.165, 1.54) is 86.5 Å². The fraction of sp³-hybridized carbons (Fsp3) is 0.0638. The van der Waals surface area contributed by atoms with Gasteiger partial charge in [0, 0.05) is 42.3 Å². The van der Waals surface area contributed by atoms with Crippen LogP contribution in [0.2, 0.25) is 0 Å².